The topological polar surface area (TPSA) is 75.4 Å². The van der Waals surface area contributed by atoms with E-state index in [1.54, 1.807) is 0 Å². The molecule has 2 amide bonds. The highest BCUT2D eigenvalue weighted by Crippen LogP contribution is 2.29. The molecule has 1 aromatic rings. The van der Waals surface area contributed by atoms with E-state index in [1.165, 1.54) is 31.9 Å². The highest BCUT2D eigenvalue weighted by atomic mass is 16.3. The first-order valence-corrected chi connectivity index (χ1v) is 10.5. The number of oxazole rings is 1. The summed E-state index contributed by atoms with van der Waals surface area (Å²) in [6, 6.07) is 0.205. The summed E-state index contributed by atoms with van der Waals surface area (Å²) >= 11 is 0. The number of hydrogen-bond donors (Lipinski definition) is 1. The smallest absolute Gasteiger partial charge is 0.273 e. The Balaban J connectivity index is 1.96. The molecule has 27 heavy (non-hydrogen) atoms. The lowest BCUT2D eigenvalue weighted by atomic mass is 10.0. The third kappa shape index (κ3) is 6.36. The van der Waals surface area contributed by atoms with Crippen molar-refractivity contribution in [3.63, 3.8) is 0 Å². The van der Waals surface area contributed by atoms with Crippen LogP contribution in [0.15, 0.2) is 10.7 Å². The summed E-state index contributed by atoms with van der Waals surface area (Å²) in [6.07, 6.45) is 9.76. The molecule has 6 heteroatoms. The second kappa shape index (κ2) is 10.5. The Kier molecular flexibility index (Phi) is 8.32. The Hall–Kier alpha value is -1.85. The van der Waals surface area contributed by atoms with Crippen molar-refractivity contribution in [2.45, 2.75) is 97.7 Å². The van der Waals surface area contributed by atoms with Gasteiger partial charge in [0.25, 0.3) is 5.91 Å². The molecule has 1 aromatic heterocycles. The fourth-order valence-corrected chi connectivity index (χ4v) is 3.51. The lowest BCUT2D eigenvalue weighted by Gasteiger charge is -2.28. The second-order valence-electron chi connectivity index (χ2n) is 7.88. The van der Waals surface area contributed by atoms with E-state index in [1.807, 2.05) is 25.7 Å². The maximum absolute atomic E-state index is 12.8. The van der Waals surface area contributed by atoms with Crippen molar-refractivity contribution in [2.75, 3.05) is 0 Å². The van der Waals surface area contributed by atoms with Crippen LogP contribution in [0.25, 0.3) is 0 Å². The first-order valence-electron chi connectivity index (χ1n) is 10.5. The zero-order valence-electron chi connectivity index (χ0n) is 17.3. The molecule has 1 saturated carbocycles. The van der Waals surface area contributed by atoms with E-state index < -0.39 is 0 Å². The summed E-state index contributed by atoms with van der Waals surface area (Å²) in [5.74, 6) is 1.03. The first-order chi connectivity index (χ1) is 12.9. The molecule has 0 spiro atoms. The van der Waals surface area contributed by atoms with Crippen molar-refractivity contribution in [1.29, 1.82) is 0 Å². The number of carbonyl (C=O) groups is 2. The van der Waals surface area contributed by atoms with Crippen molar-refractivity contribution < 1.29 is 14.0 Å². The number of nitrogens with zero attached hydrogens (tertiary/aromatic N) is 2. The van der Waals surface area contributed by atoms with E-state index in [0.717, 1.165) is 19.3 Å². The molecule has 1 heterocycles. The van der Waals surface area contributed by atoms with Gasteiger partial charge in [0.15, 0.2) is 5.69 Å². The van der Waals surface area contributed by atoms with Gasteiger partial charge in [-0.05, 0) is 39.0 Å². The van der Waals surface area contributed by atoms with Crippen LogP contribution in [0, 0.1) is 5.92 Å². The molecule has 1 fully saturated rings. The molecule has 0 saturated heterocycles. The van der Waals surface area contributed by atoms with Crippen LogP contribution in [0.2, 0.25) is 0 Å². The summed E-state index contributed by atoms with van der Waals surface area (Å²) in [4.78, 5) is 31.1. The van der Waals surface area contributed by atoms with Crippen LogP contribution >= 0.6 is 0 Å². The van der Waals surface area contributed by atoms with Gasteiger partial charge in [0, 0.05) is 18.5 Å². The number of nitrogens with one attached hydrogen (secondary N) is 1. The van der Waals surface area contributed by atoms with E-state index >= 15 is 0 Å². The molecule has 152 valence electrons. The highest BCUT2D eigenvalue weighted by Gasteiger charge is 2.24. The Labute approximate surface area is 163 Å². The maximum atomic E-state index is 12.8. The third-order valence-corrected chi connectivity index (χ3v) is 5.76. The molecule has 0 unspecified atom stereocenters. The minimum atomic E-state index is -0.234. The first kappa shape index (κ1) is 21.5. The van der Waals surface area contributed by atoms with Crippen molar-refractivity contribution in [3.05, 3.63) is 17.8 Å². The van der Waals surface area contributed by atoms with Crippen molar-refractivity contribution in [1.82, 2.24) is 15.2 Å². The standard InChI is InChI=1S/C21H35N3O3/c1-5-15(3)22-21(26)18-14-27-19(23-18)13-24(16(4)6-2)20(25)12-11-17-9-7-8-10-17/h14-17H,5-13H2,1-4H3,(H,22,26)/t15-,16+/m1/s1. The fraction of sp³-hybridized carbons (Fsp3) is 0.762. The van der Waals surface area contributed by atoms with Gasteiger partial charge in [-0.25, -0.2) is 4.98 Å². The molecule has 0 bridgehead atoms. The van der Waals surface area contributed by atoms with Crippen molar-refractivity contribution in [2.24, 2.45) is 5.92 Å². The summed E-state index contributed by atoms with van der Waals surface area (Å²) in [5, 5.41) is 2.88. The third-order valence-electron chi connectivity index (χ3n) is 5.76. The summed E-state index contributed by atoms with van der Waals surface area (Å²) in [5.41, 5.74) is 0.271. The summed E-state index contributed by atoms with van der Waals surface area (Å²) < 4.78 is 5.49. The van der Waals surface area contributed by atoms with E-state index in [2.05, 4.69) is 17.2 Å². The minimum Gasteiger partial charge on any atom is -0.446 e. The highest BCUT2D eigenvalue weighted by molar-refractivity contribution is 5.92. The predicted octanol–water partition coefficient (Wildman–Crippen LogP) is 4.30. The van der Waals surface area contributed by atoms with Gasteiger partial charge < -0.3 is 14.6 Å². The molecule has 2 atom stereocenters. The minimum absolute atomic E-state index is 0.0893. The number of hydrogen-bond acceptors (Lipinski definition) is 4. The van der Waals surface area contributed by atoms with Crippen molar-refractivity contribution in [3.8, 4) is 0 Å². The van der Waals surface area contributed by atoms with Crippen LogP contribution in [-0.2, 0) is 11.3 Å². The molecule has 1 aliphatic rings. The van der Waals surface area contributed by atoms with Gasteiger partial charge in [0.1, 0.15) is 6.26 Å². The van der Waals surface area contributed by atoms with Crippen LogP contribution in [0.1, 0.15) is 95.4 Å². The van der Waals surface area contributed by atoms with Crippen LogP contribution in [0.3, 0.4) is 0 Å². The van der Waals surface area contributed by atoms with Gasteiger partial charge in [-0.2, -0.15) is 0 Å². The lowest BCUT2D eigenvalue weighted by Crippen LogP contribution is -2.38. The van der Waals surface area contributed by atoms with Gasteiger partial charge in [-0.3, -0.25) is 9.59 Å². The van der Waals surface area contributed by atoms with Gasteiger partial charge >= 0.3 is 0 Å². The predicted molar refractivity (Wildman–Crippen MR) is 105 cm³/mol. The quantitative estimate of drug-likeness (QED) is 0.659. The van der Waals surface area contributed by atoms with E-state index in [4.69, 9.17) is 4.42 Å². The molecule has 0 radical (unpaired) electrons. The van der Waals surface area contributed by atoms with Crippen LogP contribution in [-0.4, -0.2) is 33.8 Å². The molecule has 0 aromatic carbocycles. The lowest BCUT2D eigenvalue weighted by molar-refractivity contribution is -0.134. The number of carbonyl (C=O) groups excluding carboxylic acids is 2. The van der Waals surface area contributed by atoms with Gasteiger partial charge in [-0.1, -0.05) is 39.5 Å². The van der Waals surface area contributed by atoms with Gasteiger partial charge in [0.2, 0.25) is 11.8 Å². The molecular formula is C21H35N3O3. The summed E-state index contributed by atoms with van der Waals surface area (Å²) in [7, 11) is 0. The van der Waals surface area contributed by atoms with Crippen molar-refractivity contribution >= 4 is 11.8 Å². The van der Waals surface area contributed by atoms with Gasteiger partial charge in [0.05, 0.1) is 6.54 Å². The largest absolute Gasteiger partial charge is 0.446 e. The Morgan fingerprint density at radius 3 is 2.59 bits per heavy atom. The molecule has 0 aliphatic heterocycles. The average Bonchev–Trinajstić information content (AvgIpc) is 3.35. The molecular weight excluding hydrogens is 342 g/mol. The molecule has 2 rings (SSSR count). The Bertz CT molecular complexity index is 608. The number of aromatic nitrogens is 1. The number of rotatable bonds is 10. The SMILES string of the molecule is CC[C@@H](C)NC(=O)c1coc(CN(C(=O)CCC2CCCC2)[C@@H](C)CC)n1. The Morgan fingerprint density at radius 2 is 1.96 bits per heavy atom. The van der Waals surface area contributed by atoms with E-state index in [-0.39, 0.29) is 29.6 Å². The van der Waals surface area contributed by atoms with E-state index in [0.29, 0.717) is 24.8 Å². The molecule has 1 aliphatic carbocycles. The molecule has 1 N–H and O–H groups in total. The normalized spacial score (nSPS) is 16.9. The Morgan fingerprint density at radius 1 is 1.26 bits per heavy atom. The van der Waals surface area contributed by atoms with E-state index in [9.17, 15) is 9.59 Å². The number of amides is 2. The fourth-order valence-electron chi connectivity index (χ4n) is 3.51. The second-order valence-corrected chi connectivity index (χ2v) is 7.88. The van der Waals surface area contributed by atoms with Crippen LogP contribution in [0.5, 0.6) is 0 Å². The zero-order valence-corrected chi connectivity index (χ0v) is 17.3. The van der Waals surface area contributed by atoms with Crippen LogP contribution < -0.4 is 5.32 Å². The molecule has 6 nitrogen and oxygen atoms in total. The monoisotopic (exact) mass is 377 g/mol. The van der Waals surface area contributed by atoms with Crippen LogP contribution in [0.4, 0.5) is 0 Å². The maximum Gasteiger partial charge on any atom is 0.273 e. The average molecular weight is 378 g/mol. The van der Waals surface area contributed by atoms with Gasteiger partial charge in [-0.15, -0.1) is 0 Å². The zero-order chi connectivity index (χ0) is 19.8. The summed E-state index contributed by atoms with van der Waals surface area (Å²) in [6.45, 7) is 8.40.